The van der Waals surface area contributed by atoms with Crippen molar-refractivity contribution in [2.75, 3.05) is 0 Å². The van der Waals surface area contributed by atoms with Crippen LogP contribution in [-0.2, 0) is 0 Å². The first kappa shape index (κ1) is 13.5. The summed E-state index contributed by atoms with van der Waals surface area (Å²) in [5.74, 6) is 0. The molecule has 0 fully saturated rings. The van der Waals surface area contributed by atoms with Crippen LogP contribution in [0.3, 0.4) is 0 Å². The van der Waals surface area contributed by atoms with Crippen LogP contribution in [0.2, 0.25) is 0 Å². The normalized spacial score (nSPS) is 18.9. The Balaban J connectivity index is 2.23. The van der Waals surface area contributed by atoms with Crippen molar-refractivity contribution in [2.45, 2.75) is 15.5 Å². The Morgan fingerprint density at radius 2 is 1.63 bits per heavy atom. The lowest BCUT2D eigenvalue weighted by Crippen LogP contribution is -1.91. The van der Waals surface area contributed by atoms with E-state index in [1.54, 1.807) is 0 Å². The number of thioether (sulfide) groups is 1. The molecule has 0 nitrogen and oxygen atoms in total. The molecule has 19 heavy (non-hydrogen) atoms. The molecule has 0 aromatic heterocycles. The smallest absolute Gasteiger partial charge is 0.0693 e. The maximum Gasteiger partial charge on any atom is 0.0693 e. The zero-order chi connectivity index (χ0) is 13.2. The van der Waals surface area contributed by atoms with Gasteiger partial charge in [-0.05, 0) is 17.2 Å². The highest BCUT2D eigenvalue weighted by atomic mass is 79.9. The molecular weight excluding hydrogens is 384 g/mol. The van der Waals surface area contributed by atoms with Gasteiger partial charge in [0.1, 0.15) is 0 Å². The van der Waals surface area contributed by atoms with E-state index in [2.05, 4.69) is 86.5 Å². The summed E-state index contributed by atoms with van der Waals surface area (Å²) >= 11 is 9.42. The van der Waals surface area contributed by atoms with E-state index in [4.69, 9.17) is 0 Å². The zero-order valence-corrected chi connectivity index (χ0v) is 14.1. The van der Waals surface area contributed by atoms with Gasteiger partial charge in [-0.3, -0.25) is 0 Å². The van der Waals surface area contributed by atoms with Crippen LogP contribution in [-0.4, -0.2) is 4.16 Å². The van der Waals surface area contributed by atoms with Gasteiger partial charge in [0.15, 0.2) is 0 Å². The van der Waals surface area contributed by atoms with E-state index < -0.39 is 0 Å². The summed E-state index contributed by atoms with van der Waals surface area (Å²) in [4.78, 5) is 1.33. The van der Waals surface area contributed by atoms with Crippen LogP contribution in [0.4, 0.5) is 0 Å². The minimum Gasteiger partial charge on any atom is -0.110 e. The van der Waals surface area contributed by atoms with E-state index in [9.17, 15) is 0 Å². The van der Waals surface area contributed by atoms with Crippen LogP contribution < -0.4 is 0 Å². The standard InChI is InChI=1S/C16H12Br2S/c17-13-10-15(18)19-14-9-5-4-8-12(14)16(13)11-6-2-1-3-7-11/h1-9,15H,10H2. The molecule has 0 spiro atoms. The van der Waals surface area contributed by atoms with Gasteiger partial charge in [-0.2, -0.15) is 0 Å². The van der Waals surface area contributed by atoms with Gasteiger partial charge in [-0.25, -0.2) is 0 Å². The maximum absolute atomic E-state index is 3.79. The molecule has 1 unspecified atom stereocenters. The van der Waals surface area contributed by atoms with Crippen molar-refractivity contribution in [2.24, 2.45) is 0 Å². The third kappa shape index (κ3) is 2.83. The van der Waals surface area contributed by atoms with E-state index in [1.165, 1.54) is 26.1 Å². The van der Waals surface area contributed by atoms with E-state index in [0.29, 0.717) is 4.16 Å². The second-order valence-corrected chi connectivity index (χ2v) is 8.29. The quantitative estimate of drug-likeness (QED) is 0.529. The van der Waals surface area contributed by atoms with Crippen LogP contribution in [0.5, 0.6) is 0 Å². The number of rotatable bonds is 1. The lowest BCUT2D eigenvalue weighted by molar-refractivity contribution is 1.19. The Hall–Kier alpha value is -0.510. The Morgan fingerprint density at radius 1 is 0.947 bits per heavy atom. The van der Waals surface area contributed by atoms with Gasteiger partial charge < -0.3 is 0 Å². The van der Waals surface area contributed by atoms with E-state index in [1.807, 2.05) is 11.8 Å². The Kier molecular flexibility index (Phi) is 4.15. The van der Waals surface area contributed by atoms with Crippen LogP contribution in [0.1, 0.15) is 17.5 Å². The summed E-state index contributed by atoms with van der Waals surface area (Å²) in [6, 6.07) is 19.2. The lowest BCUT2D eigenvalue weighted by atomic mass is 9.97. The topological polar surface area (TPSA) is 0 Å². The van der Waals surface area contributed by atoms with Gasteiger partial charge in [0.05, 0.1) is 4.16 Å². The molecule has 0 saturated heterocycles. The number of hydrogen-bond donors (Lipinski definition) is 0. The molecule has 1 aliphatic rings. The number of alkyl halides is 1. The molecule has 0 bridgehead atoms. The van der Waals surface area contributed by atoms with Crippen LogP contribution in [0.25, 0.3) is 5.57 Å². The molecule has 2 aromatic carbocycles. The first-order chi connectivity index (χ1) is 9.25. The molecule has 1 aliphatic heterocycles. The third-order valence-corrected chi connectivity index (χ3v) is 5.72. The highest BCUT2D eigenvalue weighted by Crippen LogP contribution is 2.45. The van der Waals surface area contributed by atoms with Crippen LogP contribution in [0.15, 0.2) is 64.0 Å². The van der Waals surface area contributed by atoms with Gasteiger partial charge >= 0.3 is 0 Å². The van der Waals surface area contributed by atoms with Crippen molar-refractivity contribution < 1.29 is 0 Å². The molecule has 96 valence electrons. The first-order valence-corrected chi connectivity index (χ1v) is 8.69. The molecular formula is C16H12Br2S. The number of hydrogen-bond acceptors (Lipinski definition) is 1. The SMILES string of the molecule is BrC1=C(c2ccccc2)c2ccccc2SC(Br)C1. The number of allylic oxidation sites excluding steroid dienone is 1. The minimum atomic E-state index is 0.407. The molecule has 0 saturated carbocycles. The fourth-order valence-electron chi connectivity index (χ4n) is 2.26. The maximum atomic E-state index is 3.79. The van der Waals surface area contributed by atoms with E-state index in [-0.39, 0.29) is 0 Å². The van der Waals surface area contributed by atoms with Gasteiger partial charge in [-0.15, -0.1) is 11.8 Å². The van der Waals surface area contributed by atoms with E-state index >= 15 is 0 Å². The zero-order valence-electron chi connectivity index (χ0n) is 10.1. The highest BCUT2D eigenvalue weighted by Gasteiger charge is 2.21. The van der Waals surface area contributed by atoms with Crippen LogP contribution >= 0.6 is 43.6 Å². The fraction of sp³-hybridized carbons (Fsp3) is 0.125. The summed E-state index contributed by atoms with van der Waals surface area (Å²) in [6.45, 7) is 0. The van der Waals surface area contributed by atoms with Gasteiger partial charge in [0, 0.05) is 21.4 Å². The predicted octanol–water partition coefficient (Wildman–Crippen LogP) is 6.06. The molecule has 0 amide bonds. The summed E-state index contributed by atoms with van der Waals surface area (Å²) < 4.78 is 1.67. The highest BCUT2D eigenvalue weighted by molar-refractivity contribution is 9.12. The number of benzene rings is 2. The summed E-state index contributed by atoms with van der Waals surface area (Å²) in [6.07, 6.45) is 0.990. The van der Waals surface area contributed by atoms with Gasteiger partial charge in [-0.1, -0.05) is 80.4 Å². The molecule has 1 atom stereocenters. The second kappa shape index (κ2) is 5.86. The molecule has 3 heteroatoms. The summed E-state index contributed by atoms with van der Waals surface area (Å²) in [5, 5.41) is 0. The van der Waals surface area contributed by atoms with Crippen molar-refractivity contribution in [1.29, 1.82) is 0 Å². The fourth-order valence-corrected chi connectivity index (χ4v) is 5.58. The molecule has 2 aromatic rings. The molecule has 1 heterocycles. The predicted molar refractivity (Wildman–Crippen MR) is 91.0 cm³/mol. The summed E-state index contributed by atoms with van der Waals surface area (Å²) in [5.41, 5.74) is 3.89. The third-order valence-electron chi connectivity index (χ3n) is 3.08. The van der Waals surface area contributed by atoms with Crippen molar-refractivity contribution in [1.82, 2.24) is 0 Å². The first-order valence-electron chi connectivity index (χ1n) is 6.10. The van der Waals surface area contributed by atoms with Gasteiger partial charge in [0.25, 0.3) is 0 Å². The Morgan fingerprint density at radius 3 is 2.42 bits per heavy atom. The molecule has 0 radical (unpaired) electrons. The van der Waals surface area contributed by atoms with Crippen molar-refractivity contribution in [3.8, 4) is 0 Å². The summed E-state index contributed by atoms with van der Waals surface area (Å²) in [7, 11) is 0. The number of fused-ring (bicyclic) bond motifs is 1. The Labute approximate surface area is 134 Å². The average Bonchev–Trinajstić information content (AvgIpc) is 2.54. The average molecular weight is 396 g/mol. The monoisotopic (exact) mass is 394 g/mol. The van der Waals surface area contributed by atoms with E-state index in [0.717, 1.165) is 6.42 Å². The van der Waals surface area contributed by atoms with Crippen molar-refractivity contribution in [3.63, 3.8) is 0 Å². The van der Waals surface area contributed by atoms with Gasteiger partial charge in [0.2, 0.25) is 0 Å². The molecule has 0 N–H and O–H groups in total. The lowest BCUT2D eigenvalue weighted by Gasteiger charge is -2.11. The van der Waals surface area contributed by atoms with Crippen molar-refractivity contribution in [3.05, 3.63) is 70.2 Å². The van der Waals surface area contributed by atoms with Crippen molar-refractivity contribution >= 4 is 49.2 Å². The molecule has 3 rings (SSSR count). The minimum absolute atomic E-state index is 0.407. The Bertz CT molecular complexity index is 620. The second-order valence-electron chi connectivity index (χ2n) is 4.37. The van der Waals surface area contributed by atoms with Crippen LogP contribution in [0, 0.1) is 0 Å². The molecule has 0 aliphatic carbocycles. The largest absolute Gasteiger partial charge is 0.110 e. The number of halogens is 2.